The van der Waals surface area contributed by atoms with E-state index in [4.69, 9.17) is 14.2 Å². The van der Waals surface area contributed by atoms with Crippen LogP contribution >= 0.6 is 0 Å². The van der Waals surface area contributed by atoms with Crippen LogP contribution in [-0.4, -0.2) is 37.4 Å². The van der Waals surface area contributed by atoms with Gasteiger partial charge in [0.05, 0.1) is 25.7 Å². The molecule has 0 saturated carbocycles. The molecule has 1 amide bonds. The van der Waals surface area contributed by atoms with E-state index in [-0.39, 0.29) is 25.8 Å². The van der Waals surface area contributed by atoms with Crippen molar-refractivity contribution >= 4 is 12.1 Å². The maximum Gasteiger partial charge on any atom is 0.408 e. The van der Waals surface area contributed by atoms with Crippen LogP contribution in [0, 0.1) is 5.92 Å². The summed E-state index contributed by atoms with van der Waals surface area (Å²) in [5.74, 6) is -0.848. The topological polar surface area (TPSA) is 73.9 Å². The fourth-order valence-corrected chi connectivity index (χ4v) is 2.21. The Hall–Kier alpha value is -2.08. The minimum Gasteiger partial charge on any atom is -0.466 e. The zero-order valence-electron chi connectivity index (χ0n) is 12.8. The Morgan fingerprint density at radius 2 is 1.95 bits per heavy atom. The zero-order valence-corrected chi connectivity index (χ0v) is 12.8. The number of hydrogen-bond donors (Lipinski definition) is 1. The molecule has 6 nitrogen and oxygen atoms in total. The van der Waals surface area contributed by atoms with Gasteiger partial charge in [0.25, 0.3) is 0 Å². The zero-order chi connectivity index (χ0) is 16.0. The second-order valence-corrected chi connectivity index (χ2v) is 5.31. The van der Waals surface area contributed by atoms with Crippen LogP contribution in [-0.2, 0) is 25.6 Å². The fourth-order valence-electron chi connectivity index (χ4n) is 2.21. The van der Waals surface area contributed by atoms with E-state index in [1.807, 2.05) is 30.3 Å². The molecule has 2 rings (SSSR count). The van der Waals surface area contributed by atoms with E-state index in [0.717, 1.165) is 5.56 Å². The number of benzene rings is 1. The highest BCUT2D eigenvalue weighted by molar-refractivity contribution is 5.76. The first-order chi connectivity index (χ1) is 10.6. The van der Waals surface area contributed by atoms with Gasteiger partial charge in [0.15, 0.2) is 0 Å². The summed E-state index contributed by atoms with van der Waals surface area (Å²) >= 11 is 0. The number of amides is 1. The largest absolute Gasteiger partial charge is 0.466 e. The van der Waals surface area contributed by atoms with Crippen molar-refractivity contribution in [3.63, 3.8) is 0 Å². The highest BCUT2D eigenvalue weighted by Gasteiger charge is 2.49. The van der Waals surface area contributed by atoms with Gasteiger partial charge in [-0.25, -0.2) is 4.79 Å². The Balaban J connectivity index is 1.89. The van der Waals surface area contributed by atoms with E-state index >= 15 is 0 Å². The highest BCUT2D eigenvalue weighted by Crippen LogP contribution is 2.27. The number of hydrogen-bond acceptors (Lipinski definition) is 5. The molecule has 1 N–H and O–H groups in total. The number of ether oxygens (including phenoxy) is 3. The van der Waals surface area contributed by atoms with Gasteiger partial charge in [-0.05, 0) is 19.4 Å². The van der Waals surface area contributed by atoms with Crippen LogP contribution in [0.1, 0.15) is 19.4 Å². The quantitative estimate of drug-likeness (QED) is 0.812. The first-order valence-electron chi connectivity index (χ1n) is 7.30. The maximum atomic E-state index is 12.0. The van der Waals surface area contributed by atoms with Gasteiger partial charge < -0.3 is 19.5 Å². The number of carbonyl (C=O) groups excluding carboxylic acids is 2. The molecule has 1 aliphatic rings. The molecule has 6 heteroatoms. The number of alkyl carbamates (subject to hydrolysis) is 1. The van der Waals surface area contributed by atoms with Gasteiger partial charge in [-0.2, -0.15) is 0 Å². The molecule has 22 heavy (non-hydrogen) atoms. The first-order valence-corrected chi connectivity index (χ1v) is 7.30. The summed E-state index contributed by atoms with van der Waals surface area (Å²) in [5, 5.41) is 2.75. The molecule has 0 unspecified atom stereocenters. The predicted octanol–water partition coefficient (Wildman–Crippen LogP) is 1.88. The third-order valence-corrected chi connectivity index (χ3v) is 3.75. The summed E-state index contributed by atoms with van der Waals surface area (Å²) in [7, 11) is 0. The average Bonchev–Trinajstić information content (AvgIpc) is 2.49. The van der Waals surface area contributed by atoms with Crippen molar-refractivity contribution in [3.05, 3.63) is 35.9 Å². The Labute approximate surface area is 129 Å². The number of nitrogens with one attached hydrogen (secondary N) is 1. The summed E-state index contributed by atoms with van der Waals surface area (Å²) in [6, 6.07) is 9.39. The standard InChI is InChI=1S/C16H21NO5/c1-3-21-14(18)12(2)16(10-20-11-16)17-15(19)22-9-13-7-5-4-6-8-13/h4-8,12H,3,9-11H2,1-2H3,(H,17,19)/t12-/m0/s1. The molecule has 120 valence electrons. The van der Waals surface area contributed by atoms with Gasteiger partial charge >= 0.3 is 12.1 Å². The highest BCUT2D eigenvalue weighted by atomic mass is 16.6. The number of rotatable bonds is 6. The van der Waals surface area contributed by atoms with Crippen molar-refractivity contribution in [2.75, 3.05) is 19.8 Å². The van der Waals surface area contributed by atoms with Gasteiger partial charge in [0, 0.05) is 0 Å². The molecule has 0 aromatic heterocycles. The van der Waals surface area contributed by atoms with Crippen LogP contribution < -0.4 is 5.32 Å². The summed E-state index contributed by atoms with van der Waals surface area (Å²) in [4.78, 5) is 23.8. The second kappa shape index (κ2) is 7.26. The van der Waals surface area contributed by atoms with E-state index in [1.165, 1.54) is 0 Å². The normalized spacial score (nSPS) is 17.0. The van der Waals surface area contributed by atoms with Crippen LogP contribution in [0.4, 0.5) is 4.79 Å². The van der Waals surface area contributed by atoms with Crippen molar-refractivity contribution in [1.82, 2.24) is 5.32 Å². The van der Waals surface area contributed by atoms with Gasteiger partial charge in [0.2, 0.25) is 0 Å². The van der Waals surface area contributed by atoms with Gasteiger partial charge in [-0.1, -0.05) is 30.3 Å². The maximum absolute atomic E-state index is 12.0. The predicted molar refractivity (Wildman–Crippen MR) is 79.1 cm³/mol. The lowest BCUT2D eigenvalue weighted by molar-refractivity contribution is -0.162. The number of esters is 1. The van der Waals surface area contributed by atoms with E-state index in [9.17, 15) is 9.59 Å². The van der Waals surface area contributed by atoms with E-state index in [2.05, 4.69) is 5.32 Å². The molecule has 0 spiro atoms. The summed E-state index contributed by atoms with van der Waals surface area (Å²) < 4.78 is 15.4. The van der Waals surface area contributed by atoms with Crippen molar-refractivity contribution in [2.45, 2.75) is 26.0 Å². The van der Waals surface area contributed by atoms with Crippen LogP contribution in [0.25, 0.3) is 0 Å². The van der Waals surface area contributed by atoms with Crippen LogP contribution in [0.5, 0.6) is 0 Å². The van der Waals surface area contributed by atoms with Gasteiger partial charge in [-0.3, -0.25) is 4.79 Å². The van der Waals surface area contributed by atoms with Crippen LogP contribution in [0.3, 0.4) is 0 Å². The van der Waals surface area contributed by atoms with E-state index in [0.29, 0.717) is 6.61 Å². The fraction of sp³-hybridized carbons (Fsp3) is 0.500. The Morgan fingerprint density at radius 1 is 1.27 bits per heavy atom. The summed E-state index contributed by atoms with van der Waals surface area (Å²) in [6.45, 7) is 4.49. The second-order valence-electron chi connectivity index (χ2n) is 5.31. The molecule has 1 atom stereocenters. The smallest absolute Gasteiger partial charge is 0.408 e. The molecule has 1 aromatic carbocycles. The minimum atomic E-state index is -0.750. The van der Waals surface area contributed by atoms with Crippen molar-refractivity contribution < 1.29 is 23.8 Å². The molecular formula is C16H21NO5. The molecule has 0 bridgehead atoms. The lowest BCUT2D eigenvalue weighted by atomic mass is 9.83. The van der Waals surface area contributed by atoms with Crippen molar-refractivity contribution in [1.29, 1.82) is 0 Å². The molecule has 1 saturated heterocycles. The first kappa shape index (κ1) is 16.3. The van der Waals surface area contributed by atoms with Crippen LogP contribution in [0.15, 0.2) is 30.3 Å². The lowest BCUT2D eigenvalue weighted by Crippen LogP contribution is -2.67. The van der Waals surface area contributed by atoms with E-state index in [1.54, 1.807) is 13.8 Å². The van der Waals surface area contributed by atoms with Crippen LogP contribution in [0.2, 0.25) is 0 Å². The SMILES string of the molecule is CCOC(=O)[C@H](C)C1(NC(=O)OCc2ccccc2)COC1. The molecule has 1 aromatic rings. The van der Waals surface area contributed by atoms with Crippen molar-refractivity contribution in [3.8, 4) is 0 Å². The molecular weight excluding hydrogens is 286 g/mol. The molecule has 1 aliphatic heterocycles. The molecule has 0 aliphatic carbocycles. The lowest BCUT2D eigenvalue weighted by Gasteiger charge is -2.44. The third kappa shape index (κ3) is 3.76. The molecule has 1 heterocycles. The molecule has 1 fully saturated rings. The van der Waals surface area contributed by atoms with Gasteiger partial charge in [0.1, 0.15) is 12.1 Å². The third-order valence-electron chi connectivity index (χ3n) is 3.75. The average molecular weight is 307 g/mol. The summed E-state index contributed by atoms with van der Waals surface area (Å²) in [5.41, 5.74) is 0.148. The van der Waals surface area contributed by atoms with E-state index < -0.39 is 17.6 Å². The Morgan fingerprint density at radius 3 is 2.50 bits per heavy atom. The summed E-state index contributed by atoms with van der Waals surface area (Å²) in [6.07, 6.45) is -0.566. The number of carbonyl (C=O) groups is 2. The Kier molecular flexibility index (Phi) is 5.38. The van der Waals surface area contributed by atoms with Crippen molar-refractivity contribution in [2.24, 2.45) is 5.92 Å². The minimum absolute atomic E-state index is 0.178. The van der Waals surface area contributed by atoms with Gasteiger partial charge in [-0.15, -0.1) is 0 Å². The monoisotopic (exact) mass is 307 g/mol. The molecule has 0 radical (unpaired) electrons. The Bertz CT molecular complexity index is 513.